The Hall–Kier alpha value is -2.18. The van der Waals surface area contributed by atoms with Gasteiger partial charge in [0.2, 0.25) is 0 Å². The number of carboxylic acids is 1. The molecule has 1 unspecified atom stereocenters. The summed E-state index contributed by atoms with van der Waals surface area (Å²) in [5.41, 5.74) is -0.361. The first kappa shape index (κ1) is 12.9. The molecule has 0 bridgehead atoms. The van der Waals surface area contributed by atoms with Crippen LogP contribution in [0.3, 0.4) is 0 Å². The zero-order valence-corrected chi connectivity index (χ0v) is 8.83. The van der Waals surface area contributed by atoms with Gasteiger partial charge in [-0.2, -0.15) is 0 Å². The molecular formula is C10H10F2N2O3. The maximum absolute atomic E-state index is 13.1. The van der Waals surface area contributed by atoms with Crippen LogP contribution in [-0.2, 0) is 4.79 Å². The van der Waals surface area contributed by atoms with E-state index in [0.717, 1.165) is 18.2 Å². The van der Waals surface area contributed by atoms with Gasteiger partial charge in [-0.15, -0.1) is 0 Å². The normalized spacial score (nSPS) is 11.7. The van der Waals surface area contributed by atoms with Crippen molar-refractivity contribution in [2.45, 2.75) is 13.0 Å². The molecule has 0 aliphatic rings. The van der Waals surface area contributed by atoms with Gasteiger partial charge in [-0.1, -0.05) is 0 Å². The molecule has 17 heavy (non-hydrogen) atoms. The average molecular weight is 244 g/mol. The predicted octanol–water partition coefficient (Wildman–Crippen LogP) is 1.56. The number of anilines is 1. The van der Waals surface area contributed by atoms with E-state index in [9.17, 15) is 18.4 Å². The predicted molar refractivity (Wildman–Crippen MR) is 55.6 cm³/mol. The summed E-state index contributed by atoms with van der Waals surface area (Å²) in [5, 5.41) is 12.6. The molecule has 1 aromatic rings. The van der Waals surface area contributed by atoms with E-state index in [1.807, 2.05) is 10.6 Å². The third-order valence-electron chi connectivity index (χ3n) is 1.89. The van der Waals surface area contributed by atoms with Crippen molar-refractivity contribution in [3.8, 4) is 0 Å². The number of aliphatic carboxylic acids is 1. The Balaban J connectivity index is 2.68. The number of amides is 2. The maximum atomic E-state index is 13.1. The number of nitrogens with one attached hydrogen (secondary N) is 2. The van der Waals surface area contributed by atoms with Crippen LogP contribution in [0.15, 0.2) is 18.2 Å². The molecule has 0 saturated heterocycles. The van der Waals surface area contributed by atoms with Crippen molar-refractivity contribution >= 4 is 17.7 Å². The maximum Gasteiger partial charge on any atom is 0.325 e. The number of hydrogen-bond acceptors (Lipinski definition) is 2. The van der Waals surface area contributed by atoms with Gasteiger partial charge in [0.05, 0.1) is 5.69 Å². The first-order valence-corrected chi connectivity index (χ1v) is 4.65. The van der Waals surface area contributed by atoms with Gasteiger partial charge in [-0.3, -0.25) is 4.79 Å². The van der Waals surface area contributed by atoms with Crippen LogP contribution < -0.4 is 10.6 Å². The molecule has 0 aliphatic heterocycles. The third kappa shape index (κ3) is 3.71. The van der Waals surface area contributed by atoms with Crippen LogP contribution >= 0.6 is 0 Å². The molecule has 1 atom stereocenters. The largest absolute Gasteiger partial charge is 0.480 e. The number of carbonyl (C=O) groups excluding carboxylic acids is 1. The quantitative estimate of drug-likeness (QED) is 0.755. The Morgan fingerprint density at radius 3 is 2.59 bits per heavy atom. The minimum atomic E-state index is -1.24. The molecule has 0 saturated carbocycles. The Morgan fingerprint density at radius 1 is 1.35 bits per heavy atom. The van der Waals surface area contributed by atoms with Gasteiger partial charge < -0.3 is 15.7 Å². The Morgan fingerprint density at radius 2 is 2.00 bits per heavy atom. The second-order valence-corrected chi connectivity index (χ2v) is 3.28. The highest BCUT2D eigenvalue weighted by Crippen LogP contribution is 2.14. The Kier molecular flexibility index (Phi) is 3.97. The van der Waals surface area contributed by atoms with E-state index in [-0.39, 0.29) is 5.69 Å². The number of carbonyl (C=O) groups is 2. The van der Waals surface area contributed by atoms with Crippen LogP contribution in [0.4, 0.5) is 19.3 Å². The summed E-state index contributed by atoms with van der Waals surface area (Å²) < 4.78 is 25.9. The second-order valence-electron chi connectivity index (χ2n) is 3.28. The van der Waals surface area contributed by atoms with Crippen LogP contribution in [0, 0.1) is 11.6 Å². The minimum absolute atomic E-state index is 0.361. The van der Waals surface area contributed by atoms with E-state index in [1.54, 1.807) is 0 Å². The fourth-order valence-electron chi connectivity index (χ4n) is 1.01. The number of hydrogen-bond donors (Lipinski definition) is 3. The highest BCUT2D eigenvalue weighted by molar-refractivity contribution is 5.92. The molecule has 7 heteroatoms. The summed E-state index contributed by atoms with van der Waals surface area (Å²) in [5.74, 6) is -2.77. The highest BCUT2D eigenvalue weighted by atomic mass is 19.1. The van der Waals surface area contributed by atoms with Gasteiger partial charge in [-0.25, -0.2) is 13.6 Å². The zero-order chi connectivity index (χ0) is 13.0. The van der Waals surface area contributed by atoms with Gasteiger partial charge in [0.15, 0.2) is 0 Å². The topological polar surface area (TPSA) is 78.4 Å². The van der Waals surface area contributed by atoms with Crippen LogP contribution in [0.25, 0.3) is 0 Å². The number of urea groups is 1. The number of rotatable bonds is 3. The molecule has 1 aromatic carbocycles. The molecule has 0 fully saturated rings. The van der Waals surface area contributed by atoms with Crippen molar-refractivity contribution in [2.24, 2.45) is 0 Å². The van der Waals surface area contributed by atoms with Crippen molar-refractivity contribution in [2.75, 3.05) is 5.32 Å². The molecule has 0 spiro atoms. The van der Waals surface area contributed by atoms with Crippen LogP contribution in [-0.4, -0.2) is 23.1 Å². The summed E-state index contributed by atoms with van der Waals surface area (Å²) in [6.07, 6.45) is 0. The van der Waals surface area contributed by atoms with Gasteiger partial charge >= 0.3 is 12.0 Å². The summed E-state index contributed by atoms with van der Waals surface area (Å²) in [6.45, 7) is 1.24. The minimum Gasteiger partial charge on any atom is -0.480 e. The zero-order valence-electron chi connectivity index (χ0n) is 8.83. The molecule has 0 radical (unpaired) electrons. The van der Waals surface area contributed by atoms with Crippen LogP contribution in [0.5, 0.6) is 0 Å². The lowest BCUT2D eigenvalue weighted by Gasteiger charge is -2.11. The molecule has 5 nitrogen and oxygen atoms in total. The molecule has 92 valence electrons. The third-order valence-corrected chi connectivity index (χ3v) is 1.89. The lowest BCUT2D eigenvalue weighted by molar-refractivity contribution is -0.138. The number of carboxylic acid groups (broad SMARTS) is 1. The van der Waals surface area contributed by atoms with Gasteiger partial charge in [0.1, 0.15) is 17.7 Å². The lowest BCUT2D eigenvalue weighted by atomic mass is 10.3. The fraction of sp³-hybridized carbons (Fsp3) is 0.200. The van der Waals surface area contributed by atoms with Crippen molar-refractivity contribution in [1.82, 2.24) is 5.32 Å². The molecular weight excluding hydrogens is 234 g/mol. The molecule has 1 rings (SSSR count). The highest BCUT2D eigenvalue weighted by Gasteiger charge is 2.15. The Labute approximate surface area is 95.4 Å². The number of halogens is 2. The van der Waals surface area contributed by atoms with E-state index in [4.69, 9.17) is 5.11 Å². The van der Waals surface area contributed by atoms with Crippen molar-refractivity contribution in [3.63, 3.8) is 0 Å². The van der Waals surface area contributed by atoms with Gasteiger partial charge in [0, 0.05) is 6.07 Å². The van der Waals surface area contributed by atoms with E-state index in [2.05, 4.69) is 0 Å². The van der Waals surface area contributed by atoms with Crippen molar-refractivity contribution in [3.05, 3.63) is 29.8 Å². The summed E-state index contributed by atoms with van der Waals surface area (Å²) in [6, 6.07) is 0.487. The monoisotopic (exact) mass is 244 g/mol. The molecule has 0 aromatic heterocycles. The number of benzene rings is 1. The molecule has 2 amide bonds. The van der Waals surface area contributed by atoms with E-state index < -0.39 is 29.7 Å². The molecule has 0 aliphatic carbocycles. The molecule has 0 heterocycles. The lowest BCUT2D eigenvalue weighted by Crippen LogP contribution is -2.41. The van der Waals surface area contributed by atoms with E-state index >= 15 is 0 Å². The van der Waals surface area contributed by atoms with Gasteiger partial charge in [-0.05, 0) is 19.1 Å². The average Bonchev–Trinajstić information content (AvgIpc) is 2.23. The van der Waals surface area contributed by atoms with Crippen LogP contribution in [0.2, 0.25) is 0 Å². The smallest absolute Gasteiger partial charge is 0.325 e. The van der Waals surface area contributed by atoms with E-state index in [1.165, 1.54) is 6.92 Å². The Bertz CT molecular complexity index is 451. The summed E-state index contributed by atoms with van der Waals surface area (Å²) in [4.78, 5) is 21.6. The summed E-state index contributed by atoms with van der Waals surface area (Å²) >= 11 is 0. The second kappa shape index (κ2) is 5.24. The molecule has 3 N–H and O–H groups in total. The SMILES string of the molecule is CC(NC(=O)Nc1cc(F)ccc1F)C(=O)O. The van der Waals surface area contributed by atoms with Gasteiger partial charge in [0.25, 0.3) is 0 Å². The van der Waals surface area contributed by atoms with Crippen molar-refractivity contribution in [1.29, 1.82) is 0 Å². The van der Waals surface area contributed by atoms with Crippen LogP contribution in [0.1, 0.15) is 6.92 Å². The van der Waals surface area contributed by atoms with E-state index in [0.29, 0.717) is 0 Å². The van der Waals surface area contributed by atoms with Crippen molar-refractivity contribution < 1.29 is 23.5 Å². The summed E-state index contributed by atoms with van der Waals surface area (Å²) in [7, 11) is 0. The first-order chi connectivity index (χ1) is 7.90. The standard InChI is InChI=1S/C10H10F2N2O3/c1-5(9(15)16)13-10(17)14-8-4-6(11)2-3-7(8)12/h2-5H,1H3,(H,15,16)(H2,13,14,17). The first-order valence-electron chi connectivity index (χ1n) is 4.65. The fourth-order valence-corrected chi connectivity index (χ4v) is 1.01.